The van der Waals surface area contributed by atoms with Gasteiger partial charge in [-0.15, -0.1) is 10.2 Å². The molecule has 24 heavy (non-hydrogen) atoms. The van der Waals surface area contributed by atoms with Crippen molar-refractivity contribution in [2.24, 2.45) is 0 Å². The van der Waals surface area contributed by atoms with E-state index in [4.69, 9.17) is 15.2 Å². The molecule has 1 unspecified atom stereocenters. The number of nitrogen functional groups attached to an aromatic ring is 1. The summed E-state index contributed by atoms with van der Waals surface area (Å²) in [7, 11) is 0. The van der Waals surface area contributed by atoms with E-state index in [2.05, 4.69) is 10.2 Å². The van der Waals surface area contributed by atoms with Gasteiger partial charge >= 0.3 is 0 Å². The highest BCUT2D eigenvalue weighted by Gasteiger charge is 2.37. The molecule has 2 aromatic rings. The van der Waals surface area contributed by atoms with Gasteiger partial charge in [0.25, 0.3) is 5.91 Å². The number of ether oxygens (including phenoxy) is 2. The van der Waals surface area contributed by atoms with Crippen LogP contribution in [0.4, 0.5) is 5.69 Å². The minimum absolute atomic E-state index is 0.0959. The first-order valence-electron chi connectivity index (χ1n) is 8.31. The van der Waals surface area contributed by atoms with Gasteiger partial charge in [-0.1, -0.05) is 18.2 Å². The molecule has 2 saturated heterocycles. The number of anilines is 1. The predicted octanol–water partition coefficient (Wildman–Crippen LogP) is 1.58. The Morgan fingerprint density at radius 1 is 1.17 bits per heavy atom. The maximum atomic E-state index is 13.1. The molecular weight excluding hydrogens is 308 g/mol. The molecule has 0 spiro atoms. The van der Waals surface area contributed by atoms with Crippen molar-refractivity contribution in [2.45, 2.75) is 31.6 Å². The number of carbonyl (C=O) groups is 1. The van der Waals surface area contributed by atoms with Crippen molar-refractivity contribution in [3.05, 3.63) is 30.0 Å². The fraction of sp³-hybridized carbons (Fsp3) is 0.471. The van der Waals surface area contributed by atoms with E-state index in [9.17, 15) is 4.79 Å². The average Bonchev–Trinajstić information content (AvgIpc) is 3.16. The van der Waals surface area contributed by atoms with Gasteiger partial charge in [0.2, 0.25) is 0 Å². The lowest BCUT2D eigenvalue weighted by Gasteiger charge is -2.37. The fourth-order valence-electron chi connectivity index (χ4n) is 3.46. The molecule has 7 nitrogen and oxygen atoms in total. The monoisotopic (exact) mass is 328 g/mol. The van der Waals surface area contributed by atoms with Crippen LogP contribution in [0.25, 0.3) is 10.9 Å². The smallest absolute Gasteiger partial charge is 0.276 e. The molecule has 0 saturated carbocycles. The van der Waals surface area contributed by atoms with Gasteiger partial charge in [-0.25, -0.2) is 0 Å². The van der Waals surface area contributed by atoms with Gasteiger partial charge in [0.15, 0.2) is 12.0 Å². The van der Waals surface area contributed by atoms with Crippen molar-refractivity contribution in [1.29, 1.82) is 0 Å². The zero-order chi connectivity index (χ0) is 16.5. The number of hydrogen-bond donors (Lipinski definition) is 1. The van der Waals surface area contributed by atoms with Crippen LogP contribution in [0.3, 0.4) is 0 Å². The van der Waals surface area contributed by atoms with Gasteiger partial charge < -0.3 is 20.1 Å². The zero-order valence-electron chi connectivity index (χ0n) is 13.4. The van der Waals surface area contributed by atoms with E-state index >= 15 is 0 Å². The molecule has 3 heterocycles. The lowest BCUT2D eigenvalue weighted by atomic mass is 10.0. The zero-order valence-corrected chi connectivity index (χ0v) is 13.4. The number of amides is 1. The van der Waals surface area contributed by atoms with Crippen molar-refractivity contribution in [1.82, 2.24) is 15.1 Å². The second kappa shape index (κ2) is 6.33. The van der Waals surface area contributed by atoms with Crippen molar-refractivity contribution in [3.8, 4) is 0 Å². The Morgan fingerprint density at radius 2 is 1.96 bits per heavy atom. The van der Waals surface area contributed by atoms with E-state index in [1.807, 2.05) is 24.3 Å². The molecule has 2 aliphatic rings. The number of nitrogens with two attached hydrogens (primary N) is 1. The number of hydrogen-bond acceptors (Lipinski definition) is 6. The lowest BCUT2D eigenvalue weighted by molar-refractivity contribution is -0.100. The highest BCUT2D eigenvalue weighted by molar-refractivity contribution is 6.04. The molecule has 1 aromatic carbocycles. The third-order valence-corrected chi connectivity index (χ3v) is 4.68. The molecule has 1 atom stereocenters. The average molecular weight is 328 g/mol. The number of nitrogens with zero attached hydrogens (tertiary/aromatic N) is 3. The van der Waals surface area contributed by atoms with Crippen LogP contribution >= 0.6 is 0 Å². The van der Waals surface area contributed by atoms with Crippen LogP contribution in [0.15, 0.2) is 24.3 Å². The summed E-state index contributed by atoms with van der Waals surface area (Å²) in [5.41, 5.74) is 7.48. The fourth-order valence-corrected chi connectivity index (χ4v) is 3.46. The Morgan fingerprint density at radius 3 is 2.79 bits per heavy atom. The number of rotatable bonds is 2. The molecule has 2 N–H and O–H groups in total. The minimum atomic E-state index is -0.358. The standard InChI is InChI=1S/C17H20N4O3/c18-14-11-5-1-2-6-12(11)19-20-15(14)16(22)21-8-4-3-7-13(21)17-23-9-10-24-17/h1-2,5-6,13,17H,3-4,7-10H2,(H2,18,19). The van der Waals surface area contributed by atoms with Crippen LogP contribution < -0.4 is 5.73 Å². The maximum absolute atomic E-state index is 13.1. The van der Waals surface area contributed by atoms with Crippen molar-refractivity contribution in [2.75, 3.05) is 25.5 Å². The van der Waals surface area contributed by atoms with Crippen LogP contribution in [0.1, 0.15) is 29.8 Å². The Bertz CT molecular complexity index is 761. The van der Waals surface area contributed by atoms with Gasteiger partial charge in [0.05, 0.1) is 30.5 Å². The van der Waals surface area contributed by atoms with Crippen LogP contribution in [-0.4, -0.2) is 53.1 Å². The molecule has 7 heteroatoms. The summed E-state index contributed by atoms with van der Waals surface area (Å²) in [6.07, 6.45) is 2.51. The molecular formula is C17H20N4O3. The second-order valence-electron chi connectivity index (χ2n) is 6.15. The molecule has 1 aromatic heterocycles. The molecule has 126 valence electrons. The van der Waals surface area contributed by atoms with Crippen molar-refractivity contribution in [3.63, 3.8) is 0 Å². The molecule has 2 fully saturated rings. The largest absolute Gasteiger partial charge is 0.396 e. The first kappa shape index (κ1) is 15.3. The summed E-state index contributed by atoms with van der Waals surface area (Å²) in [6.45, 7) is 1.79. The second-order valence-corrected chi connectivity index (χ2v) is 6.15. The van der Waals surface area contributed by atoms with Gasteiger partial charge in [0.1, 0.15) is 0 Å². The van der Waals surface area contributed by atoms with E-state index in [1.54, 1.807) is 4.90 Å². The van der Waals surface area contributed by atoms with Crippen LogP contribution in [-0.2, 0) is 9.47 Å². The van der Waals surface area contributed by atoms with Gasteiger partial charge in [-0.3, -0.25) is 4.79 Å². The Balaban J connectivity index is 1.67. The number of likely N-dealkylation sites (tertiary alicyclic amines) is 1. The highest BCUT2D eigenvalue weighted by Crippen LogP contribution is 2.28. The van der Waals surface area contributed by atoms with Crippen LogP contribution in [0.5, 0.6) is 0 Å². The van der Waals surface area contributed by atoms with E-state index in [0.717, 1.165) is 24.6 Å². The highest BCUT2D eigenvalue weighted by atomic mass is 16.7. The van der Waals surface area contributed by atoms with Crippen LogP contribution in [0.2, 0.25) is 0 Å². The first-order chi connectivity index (χ1) is 11.8. The predicted molar refractivity (Wildman–Crippen MR) is 88.3 cm³/mol. The van der Waals surface area contributed by atoms with Crippen molar-refractivity contribution >= 4 is 22.5 Å². The van der Waals surface area contributed by atoms with Crippen molar-refractivity contribution < 1.29 is 14.3 Å². The normalized spacial score (nSPS) is 22.2. The summed E-state index contributed by atoms with van der Waals surface area (Å²) in [4.78, 5) is 14.9. The Kier molecular flexibility index (Phi) is 4.03. The molecule has 0 bridgehead atoms. The molecule has 4 rings (SSSR count). The SMILES string of the molecule is Nc1c(C(=O)N2CCCCC2C2OCCO2)nnc2ccccc12. The number of piperidine rings is 1. The summed E-state index contributed by atoms with van der Waals surface area (Å²) in [6, 6.07) is 7.33. The Labute approximate surface area is 139 Å². The number of aromatic nitrogens is 2. The molecule has 1 amide bonds. The first-order valence-corrected chi connectivity index (χ1v) is 8.31. The van der Waals surface area contributed by atoms with Crippen LogP contribution in [0, 0.1) is 0 Å². The summed E-state index contributed by atoms with van der Waals surface area (Å²) in [5.74, 6) is -0.199. The third kappa shape index (κ3) is 2.59. The summed E-state index contributed by atoms with van der Waals surface area (Å²) in [5, 5.41) is 8.98. The topological polar surface area (TPSA) is 90.6 Å². The van der Waals surface area contributed by atoms with Gasteiger partial charge in [-0.2, -0.15) is 0 Å². The maximum Gasteiger partial charge on any atom is 0.276 e. The van der Waals surface area contributed by atoms with Gasteiger partial charge in [0, 0.05) is 11.9 Å². The van der Waals surface area contributed by atoms with E-state index in [-0.39, 0.29) is 23.9 Å². The number of carbonyl (C=O) groups excluding carboxylic acids is 1. The van der Waals surface area contributed by atoms with E-state index in [1.165, 1.54) is 0 Å². The van der Waals surface area contributed by atoms with E-state index < -0.39 is 0 Å². The molecule has 0 aliphatic carbocycles. The number of benzene rings is 1. The molecule has 2 aliphatic heterocycles. The summed E-state index contributed by atoms with van der Waals surface area (Å²) < 4.78 is 11.3. The third-order valence-electron chi connectivity index (χ3n) is 4.68. The molecule has 0 radical (unpaired) electrons. The van der Waals surface area contributed by atoms with Gasteiger partial charge in [-0.05, 0) is 25.3 Å². The summed E-state index contributed by atoms with van der Waals surface area (Å²) >= 11 is 0. The number of fused-ring (bicyclic) bond motifs is 1. The lowest BCUT2D eigenvalue weighted by Crippen LogP contribution is -2.50. The minimum Gasteiger partial charge on any atom is -0.396 e. The van der Waals surface area contributed by atoms with E-state index in [0.29, 0.717) is 31.0 Å². The Hall–Kier alpha value is -2.25. The quantitative estimate of drug-likeness (QED) is 0.900.